The van der Waals surface area contributed by atoms with E-state index in [0.717, 1.165) is 17.7 Å². The SMILES string of the molecule is C=C(C)CN(CC)c1c(F)cc(C=O)cc1F. The van der Waals surface area contributed by atoms with E-state index in [9.17, 15) is 13.6 Å². The van der Waals surface area contributed by atoms with Crippen molar-refractivity contribution in [3.05, 3.63) is 41.5 Å². The second-order valence-corrected chi connectivity index (χ2v) is 3.92. The van der Waals surface area contributed by atoms with E-state index in [1.807, 2.05) is 0 Å². The first kappa shape index (κ1) is 13.4. The van der Waals surface area contributed by atoms with Gasteiger partial charge in [-0.3, -0.25) is 4.79 Å². The van der Waals surface area contributed by atoms with Gasteiger partial charge in [-0.15, -0.1) is 0 Å². The third kappa shape index (κ3) is 3.12. The molecule has 0 radical (unpaired) electrons. The van der Waals surface area contributed by atoms with Crippen LogP contribution in [0.5, 0.6) is 0 Å². The number of anilines is 1. The Morgan fingerprint density at radius 1 is 1.41 bits per heavy atom. The minimum atomic E-state index is -0.727. The van der Waals surface area contributed by atoms with Crippen LogP contribution in [-0.2, 0) is 0 Å². The van der Waals surface area contributed by atoms with Crippen LogP contribution < -0.4 is 4.90 Å². The molecule has 17 heavy (non-hydrogen) atoms. The number of carbonyl (C=O) groups excluding carboxylic acids is 1. The van der Waals surface area contributed by atoms with E-state index in [2.05, 4.69) is 6.58 Å². The summed E-state index contributed by atoms with van der Waals surface area (Å²) in [5.41, 5.74) is 0.696. The minimum Gasteiger partial charge on any atom is -0.363 e. The summed E-state index contributed by atoms with van der Waals surface area (Å²) in [6.45, 7) is 8.15. The first-order chi connectivity index (χ1) is 7.99. The summed E-state index contributed by atoms with van der Waals surface area (Å²) >= 11 is 0. The van der Waals surface area contributed by atoms with E-state index in [4.69, 9.17) is 0 Å². The molecule has 2 nitrogen and oxygen atoms in total. The molecule has 0 aliphatic rings. The Kier molecular flexibility index (Phi) is 4.37. The van der Waals surface area contributed by atoms with Gasteiger partial charge in [-0.25, -0.2) is 8.78 Å². The normalized spacial score (nSPS) is 10.1. The smallest absolute Gasteiger partial charge is 0.150 e. The van der Waals surface area contributed by atoms with Crippen LogP contribution in [0.2, 0.25) is 0 Å². The van der Waals surface area contributed by atoms with Gasteiger partial charge >= 0.3 is 0 Å². The van der Waals surface area contributed by atoms with Gasteiger partial charge < -0.3 is 4.90 Å². The first-order valence-electron chi connectivity index (χ1n) is 5.33. The zero-order valence-corrected chi connectivity index (χ0v) is 9.96. The molecule has 0 unspecified atom stereocenters. The van der Waals surface area contributed by atoms with Gasteiger partial charge in [-0.05, 0) is 26.0 Å². The van der Waals surface area contributed by atoms with Crippen LogP contribution >= 0.6 is 0 Å². The van der Waals surface area contributed by atoms with Crippen molar-refractivity contribution in [1.82, 2.24) is 0 Å². The number of carbonyl (C=O) groups is 1. The van der Waals surface area contributed by atoms with E-state index in [-0.39, 0.29) is 11.3 Å². The molecule has 0 fully saturated rings. The minimum absolute atomic E-state index is 0.00451. The molecule has 0 aromatic heterocycles. The third-order valence-corrected chi connectivity index (χ3v) is 2.33. The average molecular weight is 239 g/mol. The maximum atomic E-state index is 13.7. The Hall–Kier alpha value is -1.71. The van der Waals surface area contributed by atoms with Crippen LogP contribution in [0.25, 0.3) is 0 Å². The fourth-order valence-corrected chi connectivity index (χ4v) is 1.63. The molecular weight excluding hydrogens is 224 g/mol. The summed E-state index contributed by atoms with van der Waals surface area (Å²) < 4.78 is 27.4. The molecule has 1 rings (SSSR count). The third-order valence-electron chi connectivity index (χ3n) is 2.33. The average Bonchev–Trinajstić information content (AvgIpc) is 2.25. The lowest BCUT2D eigenvalue weighted by molar-refractivity contribution is 0.112. The van der Waals surface area contributed by atoms with Crippen molar-refractivity contribution in [2.75, 3.05) is 18.0 Å². The van der Waals surface area contributed by atoms with Gasteiger partial charge in [-0.1, -0.05) is 12.2 Å². The molecule has 0 saturated heterocycles. The number of hydrogen-bond acceptors (Lipinski definition) is 2. The van der Waals surface area contributed by atoms with E-state index >= 15 is 0 Å². The maximum absolute atomic E-state index is 13.7. The first-order valence-corrected chi connectivity index (χ1v) is 5.33. The summed E-state index contributed by atoms with van der Waals surface area (Å²) in [5.74, 6) is -1.45. The second-order valence-electron chi connectivity index (χ2n) is 3.92. The summed E-state index contributed by atoms with van der Waals surface area (Å²) in [6, 6.07) is 2.07. The molecule has 1 aromatic carbocycles. The van der Waals surface area contributed by atoms with Gasteiger partial charge in [-0.2, -0.15) is 0 Å². The van der Waals surface area contributed by atoms with Crippen molar-refractivity contribution in [3.8, 4) is 0 Å². The second kappa shape index (κ2) is 5.57. The van der Waals surface area contributed by atoms with Crippen LogP contribution in [0, 0.1) is 11.6 Å². The molecule has 0 heterocycles. The highest BCUT2D eigenvalue weighted by Gasteiger charge is 2.16. The Labute approximate surface area is 99.5 Å². The molecule has 0 aliphatic heterocycles. The Morgan fingerprint density at radius 2 is 1.94 bits per heavy atom. The number of hydrogen-bond donors (Lipinski definition) is 0. The molecule has 0 atom stereocenters. The number of benzene rings is 1. The number of aldehydes is 1. The van der Waals surface area contributed by atoms with Gasteiger partial charge in [0.2, 0.25) is 0 Å². The molecule has 92 valence electrons. The van der Waals surface area contributed by atoms with Crippen LogP contribution in [-0.4, -0.2) is 19.4 Å². The molecule has 0 bridgehead atoms. The molecule has 0 spiro atoms. The molecule has 1 aromatic rings. The highest BCUT2D eigenvalue weighted by molar-refractivity contribution is 5.76. The molecular formula is C13H15F2NO. The topological polar surface area (TPSA) is 20.3 Å². The summed E-state index contributed by atoms with van der Waals surface area (Å²) in [7, 11) is 0. The lowest BCUT2D eigenvalue weighted by Crippen LogP contribution is -2.26. The quantitative estimate of drug-likeness (QED) is 0.581. The predicted octanol–water partition coefficient (Wildman–Crippen LogP) is 3.18. The number of rotatable bonds is 5. The predicted molar refractivity (Wildman–Crippen MR) is 64.4 cm³/mol. The van der Waals surface area contributed by atoms with Crippen molar-refractivity contribution in [2.45, 2.75) is 13.8 Å². The van der Waals surface area contributed by atoms with Gasteiger partial charge in [0, 0.05) is 18.7 Å². The zero-order valence-electron chi connectivity index (χ0n) is 9.96. The molecule has 0 aliphatic carbocycles. The Bertz CT molecular complexity index is 420. The van der Waals surface area contributed by atoms with Crippen LogP contribution in [0.4, 0.5) is 14.5 Å². The van der Waals surface area contributed by atoms with E-state index in [1.165, 1.54) is 0 Å². The van der Waals surface area contributed by atoms with Crippen molar-refractivity contribution in [3.63, 3.8) is 0 Å². The van der Waals surface area contributed by atoms with Crippen LogP contribution in [0.15, 0.2) is 24.3 Å². The van der Waals surface area contributed by atoms with Gasteiger partial charge in [0.15, 0.2) is 0 Å². The van der Waals surface area contributed by atoms with Crippen LogP contribution in [0.1, 0.15) is 24.2 Å². The Balaban J connectivity index is 3.19. The Morgan fingerprint density at radius 3 is 2.29 bits per heavy atom. The van der Waals surface area contributed by atoms with Crippen molar-refractivity contribution < 1.29 is 13.6 Å². The number of halogens is 2. The van der Waals surface area contributed by atoms with Crippen LogP contribution in [0.3, 0.4) is 0 Å². The van der Waals surface area contributed by atoms with Gasteiger partial charge in [0.1, 0.15) is 23.6 Å². The summed E-state index contributed by atoms with van der Waals surface area (Å²) in [4.78, 5) is 12.0. The molecule has 0 amide bonds. The van der Waals surface area contributed by atoms with Gasteiger partial charge in [0.05, 0.1) is 0 Å². The van der Waals surface area contributed by atoms with E-state index in [0.29, 0.717) is 19.4 Å². The molecule has 4 heteroatoms. The highest BCUT2D eigenvalue weighted by Crippen LogP contribution is 2.25. The molecule has 0 N–H and O–H groups in total. The number of likely N-dealkylation sites (N-methyl/N-ethyl adjacent to an activating group) is 1. The van der Waals surface area contributed by atoms with E-state index < -0.39 is 11.6 Å². The fourth-order valence-electron chi connectivity index (χ4n) is 1.63. The number of nitrogens with zero attached hydrogens (tertiary/aromatic N) is 1. The summed E-state index contributed by atoms with van der Waals surface area (Å²) in [6.07, 6.45) is 0.422. The van der Waals surface area contributed by atoms with Crippen molar-refractivity contribution >= 4 is 12.0 Å². The highest BCUT2D eigenvalue weighted by atomic mass is 19.1. The van der Waals surface area contributed by atoms with Crippen molar-refractivity contribution in [1.29, 1.82) is 0 Å². The monoisotopic (exact) mass is 239 g/mol. The van der Waals surface area contributed by atoms with E-state index in [1.54, 1.807) is 18.7 Å². The van der Waals surface area contributed by atoms with Gasteiger partial charge in [0.25, 0.3) is 0 Å². The summed E-state index contributed by atoms with van der Waals surface area (Å²) in [5, 5.41) is 0. The lowest BCUT2D eigenvalue weighted by atomic mass is 10.1. The zero-order chi connectivity index (χ0) is 13.0. The lowest BCUT2D eigenvalue weighted by Gasteiger charge is -2.24. The standard InChI is InChI=1S/C13H15F2NO/c1-4-16(7-9(2)3)13-11(14)5-10(8-17)6-12(13)15/h5-6,8H,2,4,7H2,1,3H3. The largest absolute Gasteiger partial charge is 0.363 e. The van der Waals surface area contributed by atoms with Crippen molar-refractivity contribution in [2.24, 2.45) is 0 Å². The molecule has 0 saturated carbocycles. The fraction of sp³-hybridized carbons (Fsp3) is 0.308. The maximum Gasteiger partial charge on any atom is 0.150 e.